The monoisotopic (exact) mass is 333 g/mol. The Bertz CT molecular complexity index is 583. The number of methoxy groups -OCH3 is 1. The molecule has 2 nitrogen and oxygen atoms in total. The predicted molar refractivity (Wildman–Crippen MR) is 87.1 cm³/mol. The Morgan fingerprint density at radius 2 is 1.95 bits per heavy atom. The van der Waals surface area contributed by atoms with Crippen molar-refractivity contribution in [2.45, 2.75) is 26.4 Å². The van der Waals surface area contributed by atoms with Crippen LogP contribution in [0.25, 0.3) is 0 Å². The molecule has 1 unspecified atom stereocenters. The standard InChI is InChI=1S/C17H20BrNO/c1-12-10-14(8-9-16(12)18)11-19-13(2)15-6-4-5-7-17(15)20-3/h4-10,13,19H,11H2,1-3H3. The first-order valence-corrected chi connectivity index (χ1v) is 7.52. The smallest absolute Gasteiger partial charge is 0.123 e. The van der Waals surface area contributed by atoms with Crippen LogP contribution < -0.4 is 10.1 Å². The van der Waals surface area contributed by atoms with Crippen LogP contribution >= 0.6 is 15.9 Å². The zero-order valence-electron chi connectivity index (χ0n) is 12.1. The van der Waals surface area contributed by atoms with Crippen molar-refractivity contribution in [1.82, 2.24) is 5.32 Å². The summed E-state index contributed by atoms with van der Waals surface area (Å²) in [5.74, 6) is 0.930. The zero-order valence-corrected chi connectivity index (χ0v) is 13.7. The second kappa shape index (κ2) is 6.91. The molecule has 2 aromatic rings. The number of para-hydroxylation sites is 1. The van der Waals surface area contributed by atoms with E-state index in [0.717, 1.165) is 16.8 Å². The van der Waals surface area contributed by atoms with E-state index in [9.17, 15) is 0 Å². The summed E-state index contributed by atoms with van der Waals surface area (Å²) in [6.07, 6.45) is 0. The molecule has 0 heterocycles. The van der Waals surface area contributed by atoms with Gasteiger partial charge in [-0.3, -0.25) is 0 Å². The molecule has 0 bridgehead atoms. The summed E-state index contributed by atoms with van der Waals surface area (Å²) in [7, 11) is 1.71. The molecule has 106 valence electrons. The van der Waals surface area contributed by atoms with E-state index in [0.29, 0.717) is 0 Å². The fourth-order valence-electron chi connectivity index (χ4n) is 2.22. The summed E-state index contributed by atoms with van der Waals surface area (Å²) in [6, 6.07) is 14.8. The summed E-state index contributed by atoms with van der Waals surface area (Å²) in [4.78, 5) is 0. The molecule has 1 N–H and O–H groups in total. The molecule has 3 heteroatoms. The normalized spacial score (nSPS) is 12.2. The van der Waals surface area contributed by atoms with Gasteiger partial charge in [-0.2, -0.15) is 0 Å². The number of nitrogens with one attached hydrogen (secondary N) is 1. The van der Waals surface area contributed by atoms with Gasteiger partial charge in [-0.1, -0.05) is 46.3 Å². The molecular weight excluding hydrogens is 314 g/mol. The Hall–Kier alpha value is -1.32. The van der Waals surface area contributed by atoms with E-state index in [-0.39, 0.29) is 6.04 Å². The molecule has 0 fully saturated rings. The number of ether oxygens (including phenoxy) is 1. The van der Waals surface area contributed by atoms with Crippen molar-refractivity contribution in [3.05, 3.63) is 63.6 Å². The fourth-order valence-corrected chi connectivity index (χ4v) is 2.47. The molecule has 0 radical (unpaired) electrons. The number of hydrogen-bond donors (Lipinski definition) is 1. The van der Waals surface area contributed by atoms with Gasteiger partial charge >= 0.3 is 0 Å². The number of rotatable bonds is 5. The second-order valence-corrected chi connectivity index (χ2v) is 5.78. The summed E-state index contributed by atoms with van der Waals surface area (Å²) in [5, 5.41) is 3.54. The minimum absolute atomic E-state index is 0.245. The third kappa shape index (κ3) is 3.62. The van der Waals surface area contributed by atoms with E-state index < -0.39 is 0 Å². The zero-order chi connectivity index (χ0) is 14.5. The van der Waals surface area contributed by atoms with Crippen LogP contribution in [0.2, 0.25) is 0 Å². The summed E-state index contributed by atoms with van der Waals surface area (Å²) in [6.45, 7) is 5.11. The van der Waals surface area contributed by atoms with Crippen LogP contribution in [0.1, 0.15) is 29.7 Å². The van der Waals surface area contributed by atoms with Gasteiger partial charge in [0.25, 0.3) is 0 Å². The van der Waals surface area contributed by atoms with Gasteiger partial charge in [-0.25, -0.2) is 0 Å². The van der Waals surface area contributed by atoms with E-state index in [4.69, 9.17) is 4.74 Å². The molecule has 0 aliphatic rings. The Morgan fingerprint density at radius 1 is 1.20 bits per heavy atom. The van der Waals surface area contributed by atoms with Gasteiger partial charge in [0, 0.05) is 22.6 Å². The van der Waals surface area contributed by atoms with Gasteiger partial charge in [0.05, 0.1) is 7.11 Å². The highest BCUT2D eigenvalue weighted by Crippen LogP contribution is 2.25. The minimum Gasteiger partial charge on any atom is -0.496 e. The van der Waals surface area contributed by atoms with Gasteiger partial charge in [0.2, 0.25) is 0 Å². The quantitative estimate of drug-likeness (QED) is 0.862. The Morgan fingerprint density at radius 3 is 2.65 bits per heavy atom. The van der Waals surface area contributed by atoms with Gasteiger partial charge in [0.1, 0.15) is 5.75 Å². The second-order valence-electron chi connectivity index (χ2n) is 4.93. The van der Waals surface area contributed by atoms with Crippen LogP contribution in [0.4, 0.5) is 0 Å². The first kappa shape index (κ1) is 15.1. The maximum Gasteiger partial charge on any atom is 0.123 e. The van der Waals surface area contributed by atoms with Gasteiger partial charge in [-0.05, 0) is 37.1 Å². The Balaban J connectivity index is 2.04. The van der Waals surface area contributed by atoms with Crippen LogP contribution in [-0.4, -0.2) is 7.11 Å². The van der Waals surface area contributed by atoms with E-state index >= 15 is 0 Å². The Kier molecular flexibility index (Phi) is 5.21. The van der Waals surface area contributed by atoms with Crippen molar-refractivity contribution in [2.75, 3.05) is 7.11 Å². The molecule has 0 saturated carbocycles. The summed E-state index contributed by atoms with van der Waals surface area (Å²) in [5.41, 5.74) is 3.73. The van der Waals surface area contributed by atoms with Crippen molar-refractivity contribution in [1.29, 1.82) is 0 Å². The first-order valence-electron chi connectivity index (χ1n) is 6.73. The first-order chi connectivity index (χ1) is 9.61. The molecule has 0 spiro atoms. The minimum atomic E-state index is 0.245. The molecule has 0 aliphatic heterocycles. The molecular formula is C17H20BrNO. The van der Waals surface area contributed by atoms with E-state index in [1.807, 2.05) is 18.2 Å². The number of hydrogen-bond acceptors (Lipinski definition) is 2. The topological polar surface area (TPSA) is 21.3 Å². The van der Waals surface area contributed by atoms with E-state index in [2.05, 4.69) is 59.4 Å². The molecule has 0 amide bonds. The summed E-state index contributed by atoms with van der Waals surface area (Å²) >= 11 is 3.53. The molecule has 0 aromatic heterocycles. The maximum atomic E-state index is 5.41. The van der Waals surface area contributed by atoms with Crippen molar-refractivity contribution >= 4 is 15.9 Å². The van der Waals surface area contributed by atoms with Gasteiger partial charge < -0.3 is 10.1 Å². The van der Waals surface area contributed by atoms with Crippen LogP contribution in [0.5, 0.6) is 5.75 Å². The molecule has 2 aromatic carbocycles. The SMILES string of the molecule is COc1ccccc1C(C)NCc1ccc(Br)c(C)c1. The molecule has 0 aliphatic carbocycles. The van der Waals surface area contributed by atoms with Crippen molar-refractivity contribution in [2.24, 2.45) is 0 Å². The van der Waals surface area contributed by atoms with Crippen LogP contribution in [0, 0.1) is 6.92 Å². The molecule has 0 saturated heterocycles. The average Bonchev–Trinajstić information content (AvgIpc) is 2.48. The van der Waals surface area contributed by atoms with Gasteiger partial charge in [0.15, 0.2) is 0 Å². The van der Waals surface area contributed by atoms with Crippen molar-refractivity contribution in [3.63, 3.8) is 0 Å². The Labute approximate surface area is 129 Å². The average molecular weight is 334 g/mol. The highest BCUT2D eigenvalue weighted by atomic mass is 79.9. The summed E-state index contributed by atoms with van der Waals surface area (Å²) < 4.78 is 6.56. The van der Waals surface area contributed by atoms with Crippen LogP contribution in [0.15, 0.2) is 46.9 Å². The van der Waals surface area contributed by atoms with E-state index in [1.54, 1.807) is 7.11 Å². The largest absolute Gasteiger partial charge is 0.496 e. The van der Waals surface area contributed by atoms with E-state index in [1.165, 1.54) is 16.7 Å². The maximum absolute atomic E-state index is 5.41. The number of aryl methyl sites for hydroxylation is 1. The fraction of sp³-hybridized carbons (Fsp3) is 0.294. The highest BCUT2D eigenvalue weighted by Gasteiger charge is 2.10. The number of halogens is 1. The lowest BCUT2D eigenvalue weighted by atomic mass is 10.1. The van der Waals surface area contributed by atoms with Crippen LogP contribution in [0.3, 0.4) is 0 Å². The molecule has 2 rings (SSSR count). The lowest BCUT2D eigenvalue weighted by Crippen LogP contribution is -2.18. The van der Waals surface area contributed by atoms with Crippen molar-refractivity contribution < 1.29 is 4.74 Å². The van der Waals surface area contributed by atoms with Gasteiger partial charge in [-0.15, -0.1) is 0 Å². The molecule has 20 heavy (non-hydrogen) atoms. The lowest BCUT2D eigenvalue weighted by molar-refractivity contribution is 0.401. The highest BCUT2D eigenvalue weighted by molar-refractivity contribution is 9.10. The predicted octanol–water partition coefficient (Wildman–Crippen LogP) is 4.62. The molecule has 1 atom stereocenters. The lowest BCUT2D eigenvalue weighted by Gasteiger charge is -2.17. The van der Waals surface area contributed by atoms with Crippen molar-refractivity contribution in [3.8, 4) is 5.75 Å². The third-order valence-corrected chi connectivity index (χ3v) is 4.33. The van der Waals surface area contributed by atoms with Crippen LogP contribution in [-0.2, 0) is 6.54 Å². The third-order valence-electron chi connectivity index (χ3n) is 3.44. The number of benzene rings is 2.